The number of nitrogen functional groups attached to an aromatic ring is 1. The third-order valence-corrected chi connectivity index (χ3v) is 3.37. The van der Waals surface area contributed by atoms with E-state index >= 15 is 0 Å². The van der Waals surface area contributed by atoms with Crippen LogP contribution in [0.1, 0.15) is 25.1 Å². The number of benzene rings is 1. The first-order valence-corrected chi connectivity index (χ1v) is 6.87. The monoisotopic (exact) mass is 285 g/mol. The van der Waals surface area contributed by atoms with Crippen molar-refractivity contribution in [2.24, 2.45) is 0 Å². The van der Waals surface area contributed by atoms with Crippen LogP contribution in [-0.4, -0.2) is 10.5 Å². The van der Waals surface area contributed by atoms with Crippen molar-refractivity contribution in [3.8, 4) is 0 Å². The van der Waals surface area contributed by atoms with E-state index in [-0.39, 0.29) is 11.5 Å². The van der Waals surface area contributed by atoms with Crippen molar-refractivity contribution >= 4 is 17.3 Å². The van der Waals surface area contributed by atoms with Gasteiger partial charge >= 0.3 is 0 Å². The van der Waals surface area contributed by atoms with Gasteiger partial charge in [-0.05, 0) is 43.7 Å². The quantitative estimate of drug-likeness (QED) is 0.846. The van der Waals surface area contributed by atoms with E-state index in [4.69, 9.17) is 5.73 Å². The topological polar surface area (TPSA) is 77.1 Å². The Morgan fingerprint density at radius 2 is 1.90 bits per heavy atom. The van der Waals surface area contributed by atoms with E-state index in [9.17, 15) is 9.59 Å². The molecule has 0 aliphatic heterocycles. The summed E-state index contributed by atoms with van der Waals surface area (Å²) in [6, 6.07) is 11.4. The zero-order valence-electron chi connectivity index (χ0n) is 12.2. The number of nitrogens with zero attached hydrogens (tertiary/aromatic N) is 1. The van der Waals surface area contributed by atoms with Gasteiger partial charge in [-0.25, -0.2) is 0 Å². The molecule has 21 heavy (non-hydrogen) atoms. The standard InChI is InChI=1S/C16H19N3O2/c1-3-14(19-11(2)5-4-6-15(19)20)16(21)18-13-9-7-12(17)8-10-13/h4-10,14H,3,17H2,1-2H3,(H,18,21). The third-order valence-electron chi connectivity index (χ3n) is 3.37. The van der Waals surface area contributed by atoms with Gasteiger partial charge < -0.3 is 15.6 Å². The van der Waals surface area contributed by atoms with Gasteiger partial charge in [-0.1, -0.05) is 13.0 Å². The van der Waals surface area contributed by atoms with Gasteiger partial charge in [0.25, 0.3) is 5.56 Å². The lowest BCUT2D eigenvalue weighted by molar-refractivity contribution is -0.119. The third kappa shape index (κ3) is 3.31. The second kappa shape index (κ2) is 6.26. The molecule has 2 aromatic rings. The van der Waals surface area contributed by atoms with Crippen LogP contribution in [0.5, 0.6) is 0 Å². The van der Waals surface area contributed by atoms with Crippen molar-refractivity contribution in [3.63, 3.8) is 0 Å². The highest BCUT2D eigenvalue weighted by molar-refractivity contribution is 5.93. The summed E-state index contributed by atoms with van der Waals surface area (Å²) < 4.78 is 1.52. The molecule has 1 aromatic carbocycles. The largest absolute Gasteiger partial charge is 0.399 e. The van der Waals surface area contributed by atoms with E-state index in [0.717, 1.165) is 5.69 Å². The molecule has 0 aliphatic carbocycles. The minimum Gasteiger partial charge on any atom is -0.399 e. The number of hydrogen-bond donors (Lipinski definition) is 2. The van der Waals surface area contributed by atoms with Crippen molar-refractivity contribution in [1.82, 2.24) is 4.57 Å². The maximum atomic E-state index is 12.4. The summed E-state index contributed by atoms with van der Waals surface area (Å²) in [5.74, 6) is -0.210. The Kier molecular flexibility index (Phi) is 4.42. The van der Waals surface area contributed by atoms with E-state index in [1.807, 2.05) is 19.9 Å². The number of aryl methyl sites for hydroxylation is 1. The Balaban J connectivity index is 2.27. The van der Waals surface area contributed by atoms with E-state index < -0.39 is 6.04 Å². The summed E-state index contributed by atoms with van der Waals surface area (Å²) in [4.78, 5) is 24.4. The van der Waals surface area contributed by atoms with Gasteiger partial charge in [-0.3, -0.25) is 9.59 Å². The molecule has 1 atom stereocenters. The number of pyridine rings is 1. The van der Waals surface area contributed by atoms with Gasteiger partial charge in [-0.2, -0.15) is 0 Å². The van der Waals surface area contributed by atoms with E-state index in [1.54, 1.807) is 30.3 Å². The molecule has 1 aromatic heterocycles. The molecular weight excluding hydrogens is 266 g/mol. The van der Waals surface area contributed by atoms with Crippen LogP contribution in [0.25, 0.3) is 0 Å². The van der Waals surface area contributed by atoms with Crippen LogP contribution in [0, 0.1) is 6.92 Å². The average molecular weight is 285 g/mol. The average Bonchev–Trinajstić information content (AvgIpc) is 2.45. The molecule has 0 aliphatic rings. The maximum Gasteiger partial charge on any atom is 0.251 e. The molecule has 1 amide bonds. The predicted molar refractivity (Wildman–Crippen MR) is 84.3 cm³/mol. The van der Waals surface area contributed by atoms with Crippen LogP contribution in [0.2, 0.25) is 0 Å². The highest BCUT2D eigenvalue weighted by atomic mass is 16.2. The molecule has 0 radical (unpaired) electrons. The number of aromatic nitrogens is 1. The van der Waals surface area contributed by atoms with Crippen molar-refractivity contribution in [2.75, 3.05) is 11.1 Å². The van der Waals surface area contributed by atoms with Gasteiger partial charge in [0.1, 0.15) is 6.04 Å². The Labute approximate surface area is 123 Å². The zero-order chi connectivity index (χ0) is 15.4. The number of carbonyl (C=O) groups excluding carboxylic acids is 1. The van der Waals surface area contributed by atoms with Crippen LogP contribution >= 0.6 is 0 Å². The number of amides is 1. The van der Waals surface area contributed by atoms with Gasteiger partial charge in [0.2, 0.25) is 5.91 Å². The molecule has 0 spiro atoms. The Morgan fingerprint density at radius 3 is 2.48 bits per heavy atom. The minimum absolute atomic E-state index is 0.172. The molecule has 0 bridgehead atoms. The van der Waals surface area contributed by atoms with Crippen molar-refractivity contribution in [1.29, 1.82) is 0 Å². The van der Waals surface area contributed by atoms with E-state index in [1.165, 1.54) is 10.6 Å². The van der Waals surface area contributed by atoms with Crippen LogP contribution in [-0.2, 0) is 4.79 Å². The number of rotatable bonds is 4. The Bertz CT molecular complexity index is 689. The molecule has 2 rings (SSSR count). The van der Waals surface area contributed by atoms with Crippen LogP contribution in [0.4, 0.5) is 11.4 Å². The van der Waals surface area contributed by atoms with Crippen molar-refractivity contribution in [3.05, 3.63) is 58.5 Å². The molecule has 5 nitrogen and oxygen atoms in total. The molecular formula is C16H19N3O2. The molecule has 0 saturated carbocycles. The number of nitrogens with two attached hydrogens (primary N) is 1. The molecule has 3 N–H and O–H groups in total. The van der Waals surface area contributed by atoms with E-state index in [2.05, 4.69) is 5.32 Å². The summed E-state index contributed by atoms with van der Waals surface area (Å²) in [6.07, 6.45) is 0.533. The number of carbonyl (C=O) groups is 1. The zero-order valence-corrected chi connectivity index (χ0v) is 12.2. The fourth-order valence-corrected chi connectivity index (χ4v) is 2.28. The summed E-state index contributed by atoms with van der Waals surface area (Å²) in [5.41, 5.74) is 7.51. The lowest BCUT2D eigenvalue weighted by Crippen LogP contribution is -2.33. The number of anilines is 2. The lowest BCUT2D eigenvalue weighted by atomic mass is 10.1. The molecule has 0 saturated heterocycles. The van der Waals surface area contributed by atoms with Crippen LogP contribution in [0.3, 0.4) is 0 Å². The SMILES string of the molecule is CCC(C(=O)Nc1ccc(N)cc1)n1c(C)cccc1=O. The van der Waals surface area contributed by atoms with Crippen LogP contribution < -0.4 is 16.6 Å². The van der Waals surface area contributed by atoms with Gasteiger partial charge in [0, 0.05) is 23.1 Å². The summed E-state index contributed by atoms with van der Waals surface area (Å²) >= 11 is 0. The summed E-state index contributed by atoms with van der Waals surface area (Å²) in [5, 5.41) is 2.82. The minimum atomic E-state index is -0.531. The first-order chi connectivity index (χ1) is 10.0. The maximum absolute atomic E-state index is 12.4. The normalized spacial score (nSPS) is 11.9. The van der Waals surface area contributed by atoms with Crippen LogP contribution in [0.15, 0.2) is 47.3 Å². The molecule has 1 heterocycles. The highest BCUT2D eigenvalue weighted by Crippen LogP contribution is 2.16. The second-order valence-electron chi connectivity index (χ2n) is 4.91. The Hall–Kier alpha value is -2.56. The second-order valence-corrected chi connectivity index (χ2v) is 4.91. The fraction of sp³-hybridized carbons (Fsp3) is 0.250. The smallest absolute Gasteiger partial charge is 0.251 e. The number of hydrogen-bond acceptors (Lipinski definition) is 3. The first-order valence-electron chi connectivity index (χ1n) is 6.87. The predicted octanol–water partition coefficient (Wildman–Crippen LogP) is 2.33. The van der Waals surface area contributed by atoms with Crippen molar-refractivity contribution in [2.45, 2.75) is 26.3 Å². The molecule has 5 heteroatoms. The van der Waals surface area contributed by atoms with E-state index in [0.29, 0.717) is 17.8 Å². The fourth-order valence-electron chi connectivity index (χ4n) is 2.28. The van der Waals surface area contributed by atoms with Gasteiger partial charge in [-0.15, -0.1) is 0 Å². The number of nitrogens with one attached hydrogen (secondary N) is 1. The lowest BCUT2D eigenvalue weighted by Gasteiger charge is -2.20. The Morgan fingerprint density at radius 1 is 1.24 bits per heavy atom. The molecule has 1 unspecified atom stereocenters. The first kappa shape index (κ1) is 14.8. The summed E-state index contributed by atoms with van der Waals surface area (Å²) in [6.45, 7) is 3.70. The molecule has 0 fully saturated rings. The molecule has 110 valence electrons. The van der Waals surface area contributed by atoms with Gasteiger partial charge in [0.15, 0.2) is 0 Å². The highest BCUT2D eigenvalue weighted by Gasteiger charge is 2.20. The van der Waals surface area contributed by atoms with Gasteiger partial charge in [0.05, 0.1) is 0 Å². The van der Waals surface area contributed by atoms with Crippen molar-refractivity contribution < 1.29 is 4.79 Å². The summed E-state index contributed by atoms with van der Waals surface area (Å²) in [7, 11) is 0.